The van der Waals surface area contributed by atoms with Crippen LogP contribution in [-0.2, 0) is 11.3 Å². The third-order valence-corrected chi connectivity index (χ3v) is 3.37. The molecule has 0 aliphatic heterocycles. The summed E-state index contributed by atoms with van der Waals surface area (Å²) in [6.07, 6.45) is 1.30. The summed E-state index contributed by atoms with van der Waals surface area (Å²) in [6.45, 7) is 0.395. The van der Waals surface area contributed by atoms with Crippen LogP contribution in [0.15, 0.2) is 60.3 Å². The number of carbonyl (C=O) groups is 1. The number of nitrogens with one attached hydrogen (secondary N) is 2. The first-order chi connectivity index (χ1) is 12.5. The van der Waals surface area contributed by atoms with E-state index in [1.807, 2.05) is 24.3 Å². The Balaban J connectivity index is 2.01. The Hall–Kier alpha value is -3.86. The molecule has 0 heterocycles. The normalized spacial score (nSPS) is 10.5. The number of nitro benzene ring substituents is 1. The predicted molar refractivity (Wildman–Crippen MR) is 95.3 cm³/mol. The van der Waals surface area contributed by atoms with E-state index in [4.69, 9.17) is 10.00 Å². The lowest BCUT2D eigenvalue weighted by atomic mass is 10.2. The van der Waals surface area contributed by atoms with E-state index >= 15 is 0 Å². The van der Waals surface area contributed by atoms with Crippen molar-refractivity contribution in [2.24, 2.45) is 0 Å². The fourth-order valence-corrected chi connectivity index (χ4v) is 2.10. The van der Waals surface area contributed by atoms with Gasteiger partial charge in [0.05, 0.1) is 12.0 Å². The highest BCUT2D eigenvalue weighted by Crippen LogP contribution is 2.17. The molecule has 132 valence electrons. The zero-order valence-electron chi connectivity index (χ0n) is 13.9. The van der Waals surface area contributed by atoms with Gasteiger partial charge < -0.3 is 15.4 Å². The summed E-state index contributed by atoms with van der Waals surface area (Å²) in [4.78, 5) is 22.3. The number of rotatable bonds is 7. The average molecular weight is 352 g/mol. The lowest BCUT2D eigenvalue weighted by Gasteiger charge is -2.06. The van der Waals surface area contributed by atoms with Gasteiger partial charge in [-0.05, 0) is 23.8 Å². The predicted octanol–water partition coefficient (Wildman–Crippen LogP) is 2.74. The molecule has 0 spiro atoms. The van der Waals surface area contributed by atoms with Gasteiger partial charge in [0.15, 0.2) is 0 Å². The standard InChI is InChI=1S/C18H16N4O4/c1-26-17-7-2-4-13(8-17)11-20-12-14(10-19)18(23)21-15-5-3-6-16(9-15)22(24)25/h2-9,12,20H,11H2,1H3,(H,21,23)/b14-12-. The van der Waals surface area contributed by atoms with Crippen molar-refractivity contribution < 1.29 is 14.5 Å². The minimum absolute atomic E-state index is 0.151. The molecule has 0 fully saturated rings. The molecule has 2 rings (SSSR count). The van der Waals surface area contributed by atoms with Crippen LogP contribution >= 0.6 is 0 Å². The molecular weight excluding hydrogens is 336 g/mol. The van der Waals surface area contributed by atoms with Crippen LogP contribution in [0.5, 0.6) is 5.75 Å². The Labute approximate surface area is 149 Å². The number of non-ortho nitro benzene ring substituents is 1. The molecular formula is C18H16N4O4. The summed E-state index contributed by atoms with van der Waals surface area (Å²) in [6, 6.07) is 14.6. The first-order valence-corrected chi connectivity index (χ1v) is 7.56. The highest BCUT2D eigenvalue weighted by molar-refractivity contribution is 6.06. The Morgan fingerprint density at radius 3 is 2.77 bits per heavy atom. The zero-order chi connectivity index (χ0) is 18.9. The van der Waals surface area contributed by atoms with E-state index in [0.717, 1.165) is 5.56 Å². The van der Waals surface area contributed by atoms with Crippen LogP contribution in [0.3, 0.4) is 0 Å². The molecule has 2 N–H and O–H groups in total. The monoisotopic (exact) mass is 352 g/mol. The van der Waals surface area contributed by atoms with Gasteiger partial charge in [0, 0.05) is 30.6 Å². The molecule has 26 heavy (non-hydrogen) atoms. The molecule has 0 bridgehead atoms. The van der Waals surface area contributed by atoms with Crippen molar-refractivity contribution in [2.75, 3.05) is 12.4 Å². The van der Waals surface area contributed by atoms with Gasteiger partial charge in [-0.25, -0.2) is 0 Å². The fraction of sp³-hybridized carbons (Fsp3) is 0.111. The summed E-state index contributed by atoms with van der Waals surface area (Å²) in [5, 5.41) is 25.3. The largest absolute Gasteiger partial charge is 0.497 e. The molecule has 0 radical (unpaired) electrons. The third kappa shape index (κ3) is 5.07. The molecule has 2 aromatic rings. The van der Waals surface area contributed by atoms with Crippen LogP contribution < -0.4 is 15.4 Å². The van der Waals surface area contributed by atoms with Crippen LogP contribution in [0.2, 0.25) is 0 Å². The van der Waals surface area contributed by atoms with Crippen molar-refractivity contribution in [2.45, 2.75) is 6.54 Å². The molecule has 0 aliphatic rings. The van der Waals surface area contributed by atoms with Gasteiger partial charge in [-0.3, -0.25) is 14.9 Å². The van der Waals surface area contributed by atoms with Gasteiger partial charge in [0.2, 0.25) is 0 Å². The molecule has 0 atom stereocenters. The van der Waals surface area contributed by atoms with Crippen molar-refractivity contribution in [3.05, 3.63) is 76.0 Å². The van der Waals surface area contributed by atoms with E-state index in [1.54, 1.807) is 13.2 Å². The number of hydrogen-bond donors (Lipinski definition) is 2. The van der Waals surface area contributed by atoms with E-state index in [2.05, 4.69) is 10.6 Å². The fourth-order valence-electron chi connectivity index (χ4n) is 2.10. The number of carbonyl (C=O) groups excluding carboxylic acids is 1. The third-order valence-electron chi connectivity index (χ3n) is 3.37. The summed E-state index contributed by atoms with van der Waals surface area (Å²) < 4.78 is 5.13. The quantitative estimate of drug-likeness (QED) is 0.342. The Kier molecular flexibility index (Phi) is 6.28. The maximum Gasteiger partial charge on any atom is 0.271 e. The number of methoxy groups -OCH3 is 1. The molecule has 1 amide bonds. The molecule has 0 saturated heterocycles. The zero-order valence-corrected chi connectivity index (χ0v) is 13.9. The van der Waals surface area contributed by atoms with E-state index in [1.165, 1.54) is 30.5 Å². The number of hydrogen-bond acceptors (Lipinski definition) is 6. The van der Waals surface area contributed by atoms with Gasteiger partial charge in [-0.1, -0.05) is 18.2 Å². The summed E-state index contributed by atoms with van der Waals surface area (Å²) in [7, 11) is 1.57. The molecule has 0 saturated carbocycles. The topological polar surface area (TPSA) is 117 Å². The number of ether oxygens (including phenoxy) is 1. The number of benzene rings is 2. The van der Waals surface area contributed by atoms with Crippen LogP contribution in [0.1, 0.15) is 5.56 Å². The van der Waals surface area contributed by atoms with Gasteiger partial charge in [0.25, 0.3) is 11.6 Å². The maximum atomic E-state index is 12.1. The second-order valence-corrected chi connectivity index (χ2v) is 5.16. The number of anilines is 1. The Morgan fingerprint density at radius 1 is 1.31 bits per heavy atom. The number of amides is 1. The second-order valence-electron chi connectivity index (χ2n) is 5.16. The first-order valence-electron chi connectivity index (χ1n) is 7.56. The highest BCUT2D eigenvalue weighted by atomic mass is 16.6. The van der Waals surface area contributed by atoms with E-state index in [9.17, 15) is 14.9 Å². The highest BCUT2D eigenvalue weighted by Gasteiger charge is 2.11. The van der Waals surface area contributed by atoms with Gasteiger partial charge >= 0.3 is 0 Å². The molecule has 2 aromatic carbocycles. The van der Waals surface area contributed by atoms with Crippen LogP contribution in [0, 0.1) is 21.4 Å². The summed E-state index contributed by atoms with van der Waals surface area (Å²) in [5.74, 6) is 0.0448. The Bertz CT molecular complexity index is 887. The first kappa shape index (κ1) is 18.5. The van der Waals surface area contributed by atoms with Crippen LogP contribution in [0.4, 0.5) is 11.4 Å². The summed E-state index contributed by atoms with van der Waals surface area (Å²) in [5.41, 5.74) is 0.843. The van der Waals surface area contributed by atoms with Crippen LogP contribution in [-0.4, -0.2) is 17.9 Å². The minimum atomic E-state index is -0.661. The molecule has 8 nitrogen and oxygen atoms in total. The second kappa shape index (κ2) is 8.84. The van der Waals surface area contributed by atoms with E-state index < -0.39 is 10.8 Å². The van der Waals surface area contributed by atoms with Crippen molar-refractivity contribution in [3.8, 4) is 11.8 Å². The van der Waals surface area contributed by atoms with Gasteiger partial charge in [-0.2, -0.15) is 5.26 Å². The molecule has 8 heteroatoms. The van der Waals surface area contributed by atoms with Crippen molar-refractivity contribution in [1.82, 2.24) is 5.32 Å². The smallest absolute Gasteiger partial charge is 0.271 e. The van der Waals surface area contributed by atoms with E-state index in [-0.39, 0.29) is 16.9 Å². The number of nitrogens with zero attached hydrogens (tertiary/aromatic N) is 2. The van der Waals surface area contributed by atoms with Gasteiger partial charge in [0.1, 0.15) is 17.4 Å². The maximum absolute atomic E-state index is 12.1. The average Bonchev–Trinajstić information content (AvgIpc) is 2.65. The Morgan fingerprint density at radius 2 is 2.08 bits per heavy atom. The molecule has 0 unspecified atom stereocenters. The SMILES string of the molecule is COc1cccc(CN/C=C(/C#N)C(=O)Nc2cccc([N+](=O)[O-])c2)c1. The van der Waals surface area contributed by atoms with Crippen LogP contribution in [0.25, 0.3) is 0 Å². The van der Waals surface area contributed by atoms with Gasteiger partial charge in [-0.15, -0.1) is 0 Å². The molecule has 0 aromatic heterocycles. The van der Waals surface area contributed by atoms with Crippen molar-refractivity contribution in [1.29, 1.82) is 5.26 Å². The number of nitro groups is 1. The molecule has 0 aliphatic carbocycles. The van der Waals surface area contributed by atoms with Crippen molar-refractivity contribution in [3.63, 3.8) is 0 Å². The lowest BCUT2D eigenvalue weighted by Crippen LogP contribution is -2.16. The van der Waals surface area contributed by atoms with Crippen molar-refractivity contribution >= 4 is 17.3 Å². The number of nitriles is 1. The van der Waals surface area contributed by atoms with E-state index in [0.29, 0.717) is 12.3 Å². The summed E-state index contributed by atoms with van der Waals surface area (Å²) >= 11 is 0. The minimum Gasteiger partial charge on any atom is -0.497 e. The lowest BCUT2D eigenvalue weighted by molar-refractivity contribution is -0.384.